The van der Waals surface area contributed by atoms with Crippen molar-refractivity contribution in [3.63, 3.8) is 0 Å². The van der Waals surface area contributed by atoms with Gasteiger partial charge in [0.05, 0.1) is 25.7 Å². The largest absolute Gasteiger partial charge is 0.493 e. The molecule has 2 aromatic rings. The highest BCUT2D eigenvalue weighted by Gasteiger charge is 2.33. The molecular formula is C20H25N3O7S2. The molecule has 10 nitrogen and oxygen atoms in total. The molecule has 1 aromatic heterocycles. The molecule has 0 saturated carbocycles. The van der Waals surface area contributed by atoms with Gasteiger partial charge in [0.2, 0.25) is 15.9 Å². The summed E-state index contributed by atoms with van der Waals surface area (Å²) in [4.78, 5) is 28.5. The molecule has 0 radical (unpaired) electrons. The first-order chi connectivity index (χ1) is 15.3. The number of ether oxygens (including phenoxy) is 3. The van der Waals surface area contributed by atoms with Crippen molar-refractivity contribution >= 4 is 38.4 Å². The summed E-state index contributed by atoms with van der Waals surface area (Å²) in [5.74, 6) is -0.388. The summed E-state index contributed by atoms with van der Waals surface area (Å²) in [7, 11) is -0.817. The molecule has 0 bridgehead atoms. The topological polar surface area (TPSA) is 124 Å². The van der Waals surface area contributed by atoms with Crippen molar-refractivity contribution in [1.29, 1.82) is 0 Å². The minimum atomic E-state index is -3.73. The van der Waals surface area contributed by atoms with Gasteiger partial charge < -0.3 is 19.5 Å². The van der Waals surface area contributed by atoms with E-state index in [9.17, 15) is 18.0 Å². The molecule has 0 spiro atoms. The Labute approximate surface area is 190 Å². The lowest BCUT2D eigenvalue weighted by Crippen LogP contribution is -2.41. The second kappa shape index (κ2) is 10.3. The number of amides is 1. The van der Waals surface area contributed by atoms with Gasteiger partial charge in [0.25, 0.3) is 0 Å². The third kappa shape index (κ3) is 5.19. The second-order valence-electron chi connectivity index (χ2n) is 6.94. The van der Waals surface area contributed by atoms with Crippen molar-refractivity contribution in [2.24, 2.45) is 5.92 Å². The van der Waals surface area contributed by atoms with Gasteiger partial charge in [-0.25, -0.2) is 18.2 Å². The van der Waals surface area contributed by atoms with E-state index in [2.05, 4.69) is 10.3 Å². The van der Waals surface area contributed by atoms with Crippen LogP contribution in [0.3, 0.4) is 0 Å². The highest BCUT2D eigenvalue weighted by atomic mass is 32.2. The lowest BCUT2D eigenvalue weighted by Gasteiger charge is -2.30. The van der Waals surface area contributed by atoms with E-state index in [4.69, 9.17) is 14.2 Å². The van der Waals surface area contributed by atoms with E-state index in [1.807, 2.05) is 0 Å². The fraction of sp³-hybridized carbons (Fsp3) is 0.450. The third-order valence-electron chi connectivity index (χ3n) is 5.04. The molecule has 1 aromatic carbocycles. The van der Waals surface area contributed by atoms with Crippen molar-refractivity contribution in [1.82, 2.24) is 9.29 Å². The lowest BCUT2D eigenvalue weighted by atomic mass is 9.97. The summed E-state index contributed by atoms with van der Waals surface area (Å²) >= 11 is 1.13. The van der Waals surface area contributed by atoms with Crippen LogP contribution in [0.2, 0.25) is 0 Å². The number of methoxy groups -OCH3 is 2. The van der Waals surface area contributed by atoms with Crippen LogP contribution in [0.15, 0.2) is 28.5 Å². The molecule has 1 aliphatic heterocycles. The Morgan fingerprint density at radius 2 is 1.88 bits per heavy atom. The van der Waals surface area contributed by atoms with Gasteiger partial charge in [-0.2, -0.15) is 4.31 Å². The number of rotatable bonds is 8. The number of carbonyl (C=O) groups is 2. The number of piperidine rings is 1. The van der Waals surface area contributed by atoms with E-state index in [1.165, 1.54) is 36.0 Å². The van der Waals surface area contributed by atoms with Crippen molar-refractivity contribution < 1.29 is 32.2 Å². The van der Waals surface area contributed by atoms with Crippen molar-refractivity contribution in [2.75, 3.05) is 39.2 Å². The molecule has 1 amide bonds. The zero-order valence-corrected chi connectivity index (χ0v) is 19.6. The molecule has 3 rings (SSSR count). The molecule has 0 aliphatic carbocycles. The van der Waals surface area contributed by atoms with Crippen LogP contribution < -0.4 is 14.8 Å². The third-order valence-corrected chi connectivity index (χ3v) is 7.69. The Morgan fingerprint density at radius 3 is 2.50 bits per heavy atom. The van der Waals surface area contributed by atoms with Crippen LogP contribution in [-0.2, 0) is 19.6 Å². The average molecular weight is 484 g/mol. The number of benzene rings is 1. The van der Waals surface area contributed by atoms with Gasteiger partial charge in [-0.05, 0) is 31.9 Å². The fourth-order valence-corrected chi connectivity index (χ4v) is 5.49. The quantitative estimate of drug-likeness (QED) is 0.568. The molecule has 1 saturated heterocycles. The smallest absolute Gasteiger partial charge is 0.357 e. The summed E-state index contributed by atoms with van der Waals surface area (Å²) in [5.41, 5.74) is 0.142. The number of carbonyl (C=O) groups excluding carboxylic acids is 2. The van der Waals surface area contributed by atoms with Gasteiger partial charge in [0, 0.05) is 30.5 Å². The van der Waals surface area contributed by atoms with Gasteiger partial charge in [-0.3, -0.25) is 4.79 Å². The van der Waals surface area contributed by atoms with Crippen LogP contribution in [-0.4, -0.2) is 63.5 Å². The summed E-state index contributed by atoms with van der Waals surface area (Å²) in [6.45, 7) is 2.36. The lowest BCUT2D eigenvalue weighted by molar-refractivity contribution is -0.120. The van der Waals surface area contributed by atoms with Crippen molar-refractivity contribution in [3.05, 3.63) is 29.3 Å². The molecule has 12 heteroatoms. The maximum Gasteiger partial charge on any atom is 0.357 e. The number of sulfonamides is 1. The Bertz CT molecular complexity index is 1080. The van der Waals surface area contributed by atoms with Crippen molar-refractivity contribution in [2.45, 2.75) is 24.7 Å². The van der Waals surface area contributed by atoms with E-state index in [0.29, 0.717) is 29.5 Å². The zero-order chi connectivity index (χ0) is 23.3. The van der Waals surface area contributed by atoms with Crippen LogP contribution in [0.25, 0.3) is 0 Å². The van der Waals surface area contributed by atoms with Gasteiger partial charge in [0.1, 0.15) is 0 Å². The highest BCUT2D eigenvalue weighted by Crippen LogP contribution is 2.32. The number of nitrogens with one attached hydrogen (secondary N) is 1. The first-order valence-corrected chi connectivity index (χ1v) is 12.3. The van der Waals surface area contributed by atoms with Gasteiger partial charge >= 0.3 is 5.97 Å². The van der Waals surface area contributed by atoms with Crippen LogP contribution in [0.5, 0.6) is 11.5 Å². The second-order valence-corrected chi connectivity index (χ2v) is 9.74. The Hall–Kier alpha value is -2.70. The summed E-state index contributed by atoms with van der Waals surface area (Å²) in [6, 6.07) is 4.44. The first kappa shape index (κ1) is 24.0. The molecule has 0 unspecified atom stereocenters. The van der Waals surface area contributed by atoms with E-state index in [-0.39, 0.29) is 42.1 Å². The molecule has 1 fully saturated rings. The SMILES string of the molecule is CCOC(=O)c1csc(NC(=O)C2CCN(S(=O)(=O)c3ccc(OC)c(OC)c3)CC2)n1. The molecule has 1 N–H and O–H groups in total. The van der Waals surface area contributed by atoms with Crippen molar-refractivity contribution in [3.8, 4) is 11.5 Å². The van der Waals surface area contributed by atoms with E-state index in [0.717, 1.165) is 11.3 Å². The number of aromatic nitrogens is 1. The average Bonchev–Trinajstić information content (AvgIpc) is 3.27. The number of anilines is 1. The standard InChI is InChI=1S/C20H25N3O7S2/c1-4-30-19(25)15-12-31-20(21-15)22-18(24)13-7-9-23(10-8-13)32(26,27)14-5-6-16(28-2)17(11-14)29-3/h5-6,11-13H,4,7-10H2,1-3H3,(H,21,22,24). The Morgan fingerprint density at radius 1 is 1.19 bits per heavy atom. The maximum absolute atomic E-state index is 13.0. The molecule has 174 valence electrons. The first-order valence-electron chi connectivity index (χ1n) is 9.95. The monoisotopic (exact) mass is 483 g/mol. The highest BCUT2D eigenvalue weighted by molar-refractivity contribution is 7.89. The van der Waals surface area contributed by atoms with Gasteiger partial charge in [0.15, 0.2) is 22.3 Å². The van der Waals surface area contributed by atoms with Crippen LogP contribution in [0.1, 0.15) is 30.3 Å². The number of hydrogen-bond acceptors (Lipinski definition) is 9. The minimum Gasteiger partial charge on any atom is -0.493 e. The van der Waals surface area contributed by atoms with E-state index < -0.39 is 16.0 Å². The zero-order valence-electron chi connectivity index (χ0n) is 18.0. The Balaban J connectivity index is 1.61. The molecule has 0 atom stereocenters. The summed E-state index contributed by atoms with van der Waals surface area (Å²) < 4.78 is 42.6. The summed E-state index contributed by atoms with van der Waals surface area (Å²) in [6.07, 6.45) is 0.739. The predicted molar refractivity (Wildman–Crippen MR) is 118 cm³/mol. The van der Waals surface area contributed by atoms with Gasteiger partial charge in [-0.1, -0.05) is 0 Å². The summed E-state index contributed by atoms with van der Waals surface area (Å²) in [5, 5.41) is 4.53. The minimum absolute atomic E-state index is 0.104. The van der Waals surface area contributed by atoms with Crippen LogP contribution >= 0.6 is 11.3 Å². The normalized spacial score (nSPS) is 15.2. The molecule has 1 aliphatic rings. The fourth-order valence-electron chi connectivity index (χ4n) is 3.32. The number of esters is 1. The number of nitrogens with zero attached hydrogens (tertiary/aromatic N) is 2. The van der Waals surface area contributed by atoms with Crippen LogP contribution in [0, 0.1) is 5.92 Å². The van der Waals surface area contributed by atoms with E-state index >= 15 is 0 Å². The van der Waals surface area contributed by atoms with Gasteiger partial charge in [-0.15, -0.1) is 11.3 Å². The molecular weight excluding hydrogens is 458 g/mol. The number of hydrogen-bond donors (Lipinski definition) is 1. The number of thiazole rings is 1. The van der Waals surface area contributed by atoms with Crippen LogP contribution in [0.4, 0.5) is 5.13 Å². The maximum atomic E-state index is 13.0. The Kier molecular flexibility index (Phi) is 7.69. The predicted octanol–water partition coefficient (Wildman–Crippen LogP) is 2.38. The molecule has 32 heavy (non-hydrogen) atoms. The molecule has 2 heterocycles. The van der Waals surface area contributed by atoms with E-state index in [1.54, 1.807) is 13.0 Å².